The van der Waals surface area contributed by atoms with Crippen LogP contribution >= 0.6 is 0 Å². The van der Waals surface area contributed by atoms with Crippen molar-refractivity contribution in [3.05, 3.63) is 30.0 Å². The zero-order valence-electron chi connectivity index (χ0n) is 16.0. The molecule has 0 bridgehead atoms. The van der Waals surface area contributed by atoms with Gasteiger partial charge in [-0.2, -0.15) is 9.78 Å². The number of nitrogens with one attached hydrogen (secondary N) is 2. The molecule has 7 nitrogen and oxygen atoms in total. The molecule has 1 heterocycles. The number of rotatable bonds is 6. The first-order chi connectivity index (χ1) is 12.9. The van der Waals surface area contributed by atoms with Gasteiger partial charge < -0.3 is 15.7 Å². The van der Waals surface area contributed by atoms with E-state index in [0.29, 0.717) is 35.8 Å². The van der Waals surface area contributed by atoms with E-state index in [1.54, 1.807) is 12.1 Å². The molecule has 7 heteroatoms. The number of carbonyl (C=O) groups excluding carboxylic acids is 2. The fourth-order valence-corrected chi connectivity index (χ4v) is 2.99. The molecule has 2 aromatic rings. The van der Waals surface area contributed by atoms with Gasteiger partial charge in [-0.1, -0.05) is 13.8 Å². The fraction of sp³-hybridized carbons (Fsp3) is 0.450. The molecule has 0 unspecified atom stereocenters. The molecule has 3 rings (SSSR count). The number of phenolic OH excluding ortho intramolecular Hbond substituents is 1. The molecule has 0 atom stereocenters. The normalized spacial score (nSPS) is 13.6. The van der Waals surface area contributed by atoms with Crippen molar-refractivity contribution < 1.29 is 14.7 Å². The summed E-state index contributed by atoms with van der Waals surface area (Å²) in [6.07, 6.45) is 2.48. The van der Waals surface area contributed by atoms with Gasteiger partial charge in [-0.05, 0) is 49.9 Å². The number of hydrogen-bond donors (Lipinski definition) is 3. The van der Waals surface area contributed by atoms with Crippen LogP contribution in [0, 0.1) is 5.92 Å². The highest BCUT2D eigenvalue weighted by Crippen LogP contribution is 2.42. The van der Waals surface area contributed by atoms with E-state index < -0.39 is 0 Å². The molecule has 1 aliphatic carbocycles. The monoisotopic (exact) mass is 370 g/mol. The van der Waals surface area contributed by atoms with Gasteiger partial charge in [0.1, 0.15) is 5.75 Å². The van der Waals surface area contributed by atoms with E-state index in [4.69, 9.17) is 0 Å². The summed E-state index contributed by atoms with van der Waals surface area (Å²) in [7, 11) is 0. The molecule has 1 fully saturated rings. The van der Waals surface area contributed by atoms with Crippen molar-refractivity contribution in [3.63, 3.8) is 0 Å². The molecule has 1 saturated carbocycles. The van der Waals surface area contributed by atoms with Crippen LogP contribution in [-0.4, -0.2) is 33.4 Å². The highest BCUT2D eigenvalue weighted by atomic mass is 16.3. The molecule has 0 spiro atoms. The molecule has 3 N–H and O–H groups in total. The predicted octanol–water partition coefficient (Wildman–Crippen LogP) is 3.70. The molecule has 27 heavy (non-hydrogen) atoms. The Labute approximate surface area is 158 Å². The van der Waals surface area contributed by atoms with Crippen molar-refractivity contribution in [2.45, 2.75) is 46.0 Å². The summed E-state index contributed by atoms with van der Waals surface area (Å²) in [6, 6.07) is 6.45. The maximum Gasteiger partial charge on any atom is 0.342 e. The molecule has 0 saturated heterocycles. The minimum atomic E-state index is -0.272. The topological polar surface area (TPSA) is 96.3 Å². The van der Waals surface area contributed by atoms with Crippen LogP contribution in [0.1, 0.15) is 51.6 Å². The summed E-state index contributed by atoms with van der Waals surface area (Å²) in [5.74, 6) is 0.563. The number of anilines is 1. The number of benzene rings is 1. The molecule has 144 valence electrons. The van der Waals surface area contributed by atoms with Gasteiger partial charge in [-0.15, -0.1) is 0 Å². The third-order valence-corrected chi connectivity index (χ3v) is 4.40. The average Bonchev–Trinajstić information content (AvgIpc) is 3.34. The first kappa shape index (κ1) is 18.9. The highest BCUT2D eigenvalue weighted by molar-refractivity contribution is 5.92. The van der Waals surface area contributed by atoms with E-state index >= 15 is 0 Å². The van der Waals surface area contributed by atoms with E-state index in [1.807, 2.05) is 26.8 Å². The summed E-state index contributed by atoms with van der Waals surface area (Å²) in [6.45, 7) is 6.33. The van der Waals surface area contributed by atoms with Crippen LogP contribution in [0.25, 0.3) is 11.3 Å². The lowest BCUT2D eigenvalue weighted by Crippen LogP contribution is -2.30. The summed E-state index contributed by atoms with van der Waals surface area (Å²) < 4.78 is 1.39. The van der Waals surface area contributed by atoms with Gasteiger partial charge in [0.2, 0.25) is 5.91 Å². The van der Waals surface area contributed by atoms with E-state index in [9.17, 15) is 14.7 Å². The summed E-state index contributed by atoms with van der Waals surface area (Å²) >= 11 is 0. The molecular formula is C20H26N4O3. The van der Waals surface area contributed by atoms with Gasteiger partial charge in [0.05, 0.1) is 11.4 Å². The number of aromatic nitrogens is 2. The van der Waals surface area contributed by atoms with Crippen molar-refractivity contribution in [3.8, 4) is 17.0 Å². The minimum absolute atomic E-state index is 0.0553. The summed E-state index contributed by atoms with van der Waals surface area (Å²) in [5.41, 5.74) is 2.45. The van der Waals surface area contributed by atoms with E-state index in [1.165, 1.54) is 10.7 Å². The van der Waals surface area contributed by atoms with Crippen LogP contribution in [0.4, 0.5) is 10.5 Å². The quantitative estimate of drug-likeness (QED) is 0.676. The summed E-state index contributed by atoms with van der Waals surface area (Å²) in [5, 5.41) is 20.3. The zero-order valence-corrected chi connectivity index (χ0v) is 16.0. The van der Waals surface area contributed by atoms with Crippen molar-refractivity contribution in [1.29, 1.82) is 0 Å². The molecular weight excluding hydrogens is 344 g/mol. The second-order valence-corrected chi connectivity index (χ2v) is 7.35. The van der Waals surface area contributed by atoms with Crippen molar-refractivity contribution in [2.24, 2.45) is 5.92 Å². The number of nitrogens with zero attached hydrogens (tertiary/aromatic N) is 2. The van der Waals surface area contributed by atoms with Crippen molar-refractivity contribution in [2.75, 3.05) is 11.9 Å². The van der Waals surface area contributed by atoms with Crippen LogP contribution < -0.4 is 10.6 Å². The van der Waals surface area contributed by atoms with Gasteiger partial charge in [-0.25, -0.2) is 4.79 Å². The van der Waals surface area contributed by atoms with Gasteiger partial charge in [0.15, 0.2) is 0 Å². The largest absolute Gasteiger partial charge is 0.507 e. The van der Waals surface area contributed by atoms with E-state index in [-0.39, 0.29) is 23.6 Å². The number of phenols is 1. The molecule has 1 aromatic carbocycles. The van der Waals surface area contributed by atoms with Crippen LogP contribution in [0.5, 0.6) is 5.75 Å². The first-order valence-electron chi connectivity index (χ1n) is 9.40. The number of carbonyl (C=O) groups is 2. The molecule has 2 amide bonds. The Morgan fingerprint density at radius 1 is 1.30 bits per heavy atom. The minimum Gasteiger partial charge on any atom is -0.507 e. The number of amides is 2. The molecule has 1 aliphatic rings. The SMILES string of the molecule is CCNC(=O)n1nc(-c2cc(NC(=O)CC(C)C)ccc2O)cc1C1CC1. The first-order valence-corrected chi connectivity index (χ1v) is 9.40. The highest BCUT2D eigenvalue weighted by Gasteiger charge is 2.30. The van der Waals surface area contributed by atoms with E-state index in [2.05, 4.69) is 15.7 Å². The Morgan fingerprint density at radius 3 is 2.67 bits per heavy atom. The summed E-state index contributed by atoms with van der Waals surface area (Å²) in [4.78, 5) is 24.3. The Hall–Kier alpha value is -2.83. The third kappa shape index (κ3) is 4.48. The standard InChI is InChI=1S/C20H26N4O3/c1-4-21-20(27)24-17(13-5-6-13)11-16(23-24)15-10-14(7-8-18(15)25)22-19(26)9-12(2)3/h7-8,10-13,25H,4-6,9H2,1-3H3,(H,21,27)(H,22,26). The van der Waals surface area contributed by atoms with Crippen LogP contribution in [0.2, 0.25) is 0 Å². The smallest absolute Gasteiger partial charge is 0.342 e. The van der Waals surface area contributed by atoms with Gasteiger partial charge in [0.25, 0.3) is 0 Å². The third-order valence-electron chi connectivity index (χ3n) is 4.40. The molecule has 1 aromatic heterocycles. The van der Waals surface area contributed by atoms with Crippen LogP contribution in [-0.2, 0) is 4.79 Å². The maximum absolute atomic E-state index is 12.3. The Balaban J connectivity index is 1.91. The Morgan fingerprint density at radius 2 is 2.04 bits per heavy atom. The lowest BCUT2D eigenvalue weighted by atomic mass is 10.1. The second-order valence-electron chi connectivity index (χ2n) is 7.35. The second kappa shape index (κ2) is 7.82. The lowest BCUT2D eigenvalue weighted by molar-refractivity contribution is -0.116. The van der Waals surface area contributed by atoms with Crippen molar-refractivity contribution >= 4 is 17.6 Å². The lowest BCUT2D eigenvalue weighted by Gasteiger charge is -2.09. The van der Waals surface area contributed by atoms with Gasteiger partial charge in [0, 0.05) is 30.1 Å². The Bertz CT molecular complexity index is 853. The predicted molar refractivity (Wildman–Crippen MR) is 104 cm³/mol. The Kier molecular flexibility index (Phi) is 5.48. The van der Waals surface area contributed by atoms with Gasteiger partial charge in [-0.3, -0.25) is 4.79 Å². The zero-order chi connectivity index (χ0) is 19.6. The van der Waals surface area contributed by atoms with Crippen LogP contribution in [0.3, 0.4) is 0 Å². The fourth-order valence-electron chi connectivity index (χ4n) is 2.99. The number of hydrogen-bond acceptors (Lipinski definition) is 4. The van der Waals surface area contributed by atoms with Crippen molar-refractivity contribution in [1.82, 2.24) is 15.1 Å². The van der Waals surface area contributed by atoms with Gasteiger partial charge >= 0.3 is 6.03 Å². The van der Waals surface area contributed by atoms with E-state index in [0.717, 1.165) is 18.5 Å². The molecule has 0 radical (unpaired) electrons. The molecule has 0 aliphatic heterocycles. The maximum atomic E-state index is 12.3. The average molecular weight is 370 g/mol. The van der Waals surface area contributed by atoms with Crippen LogP contribution in [0.15, 0.2) is 24.3 Å². The number of aromatic hydroxyl groups is 1.